The number of carboxylic acids is 1. The van der Waals surface area contributed by atoms with E-state index < -0.39 is 172 Å². The van der Waals surface area contributed by atoms with Gasteiger partial charge in [0.05, 0.1) is 38.1 Å². The average Bonchev–Trinajstić information content (AvgIpc) is 3.24. The summed E-state index contributed by atoms with van der Waals surface area (Å²) < 4.78 is 47.3. The molecule has 0 aromatic carbocycles. The highest BCUT2D eigenvalue weighted by Crippen LogP contribution is 2.39. The molecule has 4 rings (SSSR count). The molecule has 4 aliphatic rings. The number of hydrogen-bond acceptors (Lipinski definition) is 23. The molecule has 2 amide bonds. The first kappa shape index (κ1) is 53.2. The van der Waals surface area contributed by atoms with Crippen molar-refractivity contribution in [1.29, 1.82) is 0 Å². The van der Waals surface area contributed by atoms with Gasteiger partial charge in [-0.15, -0.1) is 0 Å². The number of rotatable bonds is 21. The smallest absolute Gasteiger partial charge is 0.364 e. The lowest BCUT2D eigenvalue weighted by Crippen LogP contribution is -2.71. The van der Waals surface area contributed by atoms with E-state index in [0.29, 0.717) is 19.4 Å². The van der Waals surface area contributed by atoms with Crippen molar-refractivity contribution in [3.8, 4) is 0 Å². The number of carboxylic acid groups (broad SMARTS) is 1. The van der Waals surface area contributed by atoms with Crippen molar-refractivity contribution in [2.45, 2.75) is 181 Å². The fraction of sp³-hybridized carbons (Fsp3) is 0.919. The highest BCUT2D eigenvalue weighted by molar-refractivity contribution is 5.76. The molecular formula is C37H65N3O23. The van der Waals surface area contributed by atoms with Crippen LogP contribution in [-0.4, -0.2) is 240 Å². The number of unbranched alkanes of at least 4 members (excludes halogenated alkanes) is 3. The Balaban J connectivity index is 1.72. The summed E-state index contributed by atoms with van der Waals surface area (Å²) in [5.41, 5.74) is 5.58. The molecule has 0 saturated carbocycles. The maximum absolute atomic E-state index is 13.0. The molecule has 0 spiro atoms. The van der Waals surface area contributed by atoms with Crippen LogP contribution in [0.15, 0.2) is 0 Å². The van der Waals surface area contributed by atoms with Crippen molar-refractivity contribution in [3.05, 3.63) is 0 Å². The van der Waals surface area contributed by atoms with Gasteiger partial charge in [0.2, 0.25) is 11.8 Å². The lowest BCUT2D eigenvalue weighted by atomic mass is 9.88. The molecule has 26 nitrogen and oxygen atoms in total. The Kier molecular flexibility index (Phi) is 20.2. The summed E-state index contributed by atoms with van der Waals surface area (Å²) in [4.78, 5) is 37.7. The van der Waals surface area contributed by atoms with Crippen LogP contribution in [0.1, 0.15) is 52.9 Å². The van der Waals surface area contributed by atoms with Crippen molar-refractivity contribution in [2.24, 2.45) is 5.73 Å². The number of aliphatic carboxylic acids is 1. The summed E-state index contributed by atoms with van der Waals surface area (Å²) in [6, 6.07) is -3.00. The van der Waals surface area contributed by atoms with E-state index in [2.05, 4.69) is 10.6 Å². The molecule has 0 aliphatic carbocycles. The lowest BCUT2D eigenvalue weighted by Gasteiger charge is -2.51. The fourth-order valence-electron chi connectivity index (χ4n) is 7.92. The third-order valence-corrected chi connectivity index (χ3v) is 11.3. The fourth-order valence-corrected chi connectivity index (χ4v) is 7.92. The minimum Gasteiger partial charge on any atom is -0.477 e. The predicted octanol–water partition coefficient (Wildman–Crippen LogP) is -7.68. The molecule has 16 N–H and O–H groups in total. The Labute approximate surface area is 361 Å². The first-order chi connectivity index (χ1) is 29.7. The lowest BCUT2D eigenvalue weighted by molar-refractivity contribution is -0.391. The van der Waals surface area contributed by atoms with Crippen LogP contribution in [0.5, 0.6) is 0 Å². The second-order valence-corrected chi connectivity index (χ2v) is 16.1. The summed E-state index contributed by atoms with van der Waals surface area (Å²) in [5.74, 6) is -6.56. The van der Waals surface area contributed by atoms with Crippen molar-refractivity contribution in [2.75, 3.05) is 33.0 Å². The van der Waals surface area contributed by atoms with E-state index in [9.17, 15) is 75.7 Å². The number of nitrogens with one attached hydrogen (secondary N) is 2. The molecule has 4 saturated heterocycles. The van der Waals surface area contributed by atoms with Gasteiger partial charge in [-0.3, -0.25) is 9.59 Å². The van der Waals surface area contributed by atoms with Crippen LogP contribution in [0.4, 0.5) is 0 Å². The third-order valence-electron chi connectivity index (χ3n) is 11.3. The number of aliphatic hydroxyl groups excluding tert-OH is 11. The predicted molar refractivity (Wildman–Crippen MR) is 204 cm³/mol. The first-order valence-electron chi connectivity index (χ1n) is 20.7. The number of nitrogens with two attached hydrogens (primary N) is 1. The van der Waals surface area contributed by atoms with Crippen LogP contribution in [0.2, 0.25) is 0 Å². The molecule has 0 radical (unpaired) electrons. The highest BCUT2D eigenvalue weighted by atomic mass is 16.8. The molecule has 4 heterocycles. The molecule has 4 aliphatic heterocycles. The van der Waals surface area contributed by atoms with Gasteiger partial charge in [-0.2, -0.15) is 0 Å². The molecule has 0 unspecified atom stereocenters. The van der Waals surface area contributed by atoms with Crippen LogP contribution in [0.3, 0.4) is 0 Å². The molecule has 4 fully saturated rings. The van der Waals surface area contributed by atoms with Gasteiger partial charge in [0, 0.05) is 26.9 Å². The second kappa shape index (κ2) is 23.9. The Morgan fingerprint density at radius 1 is 0.730 bits per heavy atom. The Hall–Kier alpha value is -2.39. The second-order valence-electron chi connectivity index (χ2n) is 16.1. The largest absolute Gasteiger partial charge is 0.477 e. The SMILES string of the molecule is CC(=O)N[C@@H]1[C@H](OCCCCCCN)O[C@@H](CO)[C@@H](O[C@@H]2O[C@@H](CO)[C@H](O)[C@H](O[C@]3(C(=O)O)C[C@@H](O)[C@@H](NC(C)=O)[C@H]([C@H](O)[C@H](O)CO)O3)[C@@H]2O)[C@@H]1O[C@@H]1O[C@@H](C)[C@@H](O)[C@H](O)[C@@H]1O. The first-order valence-corrected chi connectivity index (χ1v) is 20.7. The quantitative estimate of drug-likeness (QED) is 0.0476. The van der Waals surface area contributed by atoms with Gasteiger partial charge in [-0.25, -0.2) is 4.79 Å². The zero-order valence-corrected chi connectivity index (χ0v) is 35.1. The van der Waals surface area contributed by atoms with Crippen molar-refractivity contribution in [1.82, 2.24) is 10.6 Å². The van der Waals surface area contributed by atoms with Crippen LogP contribution >= 0.6 is 0 Å². The Bertz CT molecular complexity index is 1460. The van der Waals surface area contributed by atoms with E-state index in [0.717, 1.165) is 26.7 Å². The van der Waals surface area contributed by atoms with Gasteiger partial charge in [0.25, 0.3) is 5.79 Å². The van der Waals surface area contributed by atoms with E-state index in [4.69, 9.17) is 43.6 Å². The number of carbonyl (C=O) groups excluding carboxylic acids is 2. The van der Waals surface area contributed by atoms with Crippen LogP contribution in [0, 0.1) is 0 Å². The van der Waals surface area contributed by atoms with Crippen LogP contribution in [-0.2, 0) is 52.3 Å². The summed E-state index contributed by atoms with van der Waals surface area (Å²) in [7, 11) is 0. The summed E-state index contributed by atoms with van der Waals surface area (Å²) in [5, 5.41) is 133. The number of hydrogen-bond donors (Lipinski definition) is 15. The topological polar surface area (TPSA) is 418 Å². The van der Waals surface area contributed by atoms with Crippen LogP contribution in [0.25, 0.3) is 0 Å². The van der Waals surface area contributed by atoms with Crippen molar-refractivity contribution < 1.29 is 114 Å². The monoisotopic (exact) mass is 919 g/mol. The zero-order valence-electron chi connectivity index (χ0n) is 35.1. The molecule has 63 heavy (non-hydrogen) atoms. The number of ether oxygens (including phenoxy) is 8. The minimum absolute atomic E-state index is 0.0657. The Morgan fingerprint density at radius 2 is 1.32 bits per heavy atom. The van der Waals surface area contributed by atoms with E-state index >= 15 is 0 Å². The van der Waals surface area contributed by atoms with Gasteiger partial charge in [-0.1, -0.05) is 12.8 Å². The normalized spacial score (nSPS) is 42.0. The van der Waals surface area contributed by atoms with Crippen LogP contribution < -0.4 is 16.4 Å². The minimum atomic E-state index is -3.11. The number of carbonyl (C=O) groups is 3. The molecule has 26 heteroatoms. The molecule has 366 valence electrons. The number of amides is 2. The van der Waals surface area contributed by atoms with E-state index in [-0.39, 0.29) is 6.61 Å². The Morgan fingerprint density at radius 3 is 1.90 bits per heavy atom. The summed E-state index contributed by atoms with van der Waals surface area (Å²) in [6.07, 6.45) is -31.3. The zero-order chi connectivity index (χ0) is 46.9. The summed E-state index contributed by atoms with van der Waals surface area (Å²) in [6.45, 7) is 1.09. The van der Waals surface area contributed by atoms with Gasteiger partial charge in [0.15, 0.2) is 18.9 Å². The highest BCUT2D eigenvalue weighted by Gasteiger charge is 2.61. The third kappa shape index (κ3) is 12.7. The number of aliphatic hydroxyl groups is 11. The van der Waals surface area contributed by atoms with E-state index in [1.54, 1.807) is 0 Å². The van der Waals surface area contributed by atoms with E-state index in [1.165, 1.54) is 6.92 Å². The van der Waals surface area contributed by atoms with E-state index in [1.807, 2.05) is 0 Å². The van der Waals surface area contributed by atoms with Gasteiger partial charge < -0.3 is 116 Å². The van der Waals surface area contributed by atoms with Crippen molar-refractivity contribution >= 4 is 17.8 Å². The standard InChI is InChI=1S/C37H65N3O23/c1-14-23(48)26(51)27(52)34(57-14)61-31-22(40-16(3)45)33(56-9-7-5-4-6-8-38)59-20(13-43)29(31)60-35-28(53)32(25(50)19(12-42)58-35)63-37(36(54)55)10-17(46)21(39-15(2)44)30(62-37)24(49)18(47)11-41/h14,17-35,41-43,46-53H,4-13,38H2,1-3H3,(H,39,44)(H,40,45)(H,54,55)/t14-,17+,18+,19-,20-,21+,22-,23+,24+,25-,26-,27-,28-,29+,30+,31+,32-,33+,34-,35-,37-/m0/s1. The van der Waals surface area contributed by atoms with Gasteiger partial charge in [-0.05, 0) is 26.3 Å². The molecular weight excluding hydrogens is 854 g/mol. The maximum atomic E-state index is 13.0. The molecule has 21 atom stereocenters. The average molecular weight is 920 g/mol. The van der Waals surface area contributed by atoms with Gasteiger partial charge in [0.1, 0.15) is 85.4 Å². The van der Waals surface area contributed by atoms with Gasteiger partial charge >= 0.3 is 5.97 Å². The maximum Gasteiger partial charge on any atom is 0.364 e. The molecule has 0 bridgehead atoms. The molecule has 0 aromatic rings. The molecule has 0 aromatic heterocycles. The van der Waals surface area contributed by atoms with Crippen molar-refractivity contribution in [3.63, 3.8) is 0 Å². The summed E-state index contributed by atoms with van der Waals surface area (Å²) >= 11 is 0.